The number of hydrogen-bond acceptors (Lipinski definition) is 8. The summed E-state index contributed by atoms with van der Waals surface area (Å²) in [5, 5.41) is 3.17. The number of nitrogens with one attached hydrogen (secondary N) is 1. The summed E-state index contributed by atoms with van der Waals surface area (Å²) in [6, 6.07) is 15.7. The molecule has 29 heavy (non-hydrogen) atoms. The average Bonchev–Trinajstić information content (AvgIpc) is 2.73. The largest absolute Gasteiger partial charge is 0.486 e. The minimum absolute atomic E-state index is 0.0650. The van der Waals surface area contributed by atoms with Gasteiger partial charge in [0.1, 0.15) is 13.2 Å². The van der Waals surface area contributed by atoms with E-state index in [9.17, 15) is 0 Å². The molecule has 0 aliphatic carbocycles. The van der Waals surface area contributed by atoms with Gasteiger partial charge in [0, 0.05) is 12.2 Å². The maximum atomic E-state index is 5.93. The first-order chi connectivity index (χ1) is 14.1. The van der Waals surface area contributed by atoms with Crippen LogP contribution in [-0.4, -0.2) is 40.1 Å². The van der Waals surface area contributed by atoms with Crippen molar-refractivity contribution in [2.75, 3.05) is 31.3 Å². The Hall–Kier alpha value is -3.39. The highest BCUT2D eigenvalue weighted by atomic mass is 16.6. The molecule has 0 radical (unpaired) electrons. The van der Waals surface area contributed by atoms with Gasteiger partial charge in [-0.15, -0.1) is 0 Å². The molecule has 0 saturated carbocycles. The SMILES string of the molecule is C[C@H](c1nc(N)nc(Nc2ccccc2)n1)N(C)Cc1ccc2c(c1)OCCO2. The van der Waals surface area contributed by atoms with Gasteiger partial charge in [0.25, 0.3) is 0 Å². The van der Waals surface area contributed by atoms with Gasteiger partial charge in [-0.3, -0.25) is 4.90 Å². The van der Waals surface area contributed by atoms with Crippen molar-refractivity contribution in [1.29, 1.82) is 0 Å². The molecule has 2 heterocycles. The Morgan fingerprint density at radius 1 is 1.03 bits per heavy atom. The fourth-order valence-electron chi connectivity index (χ4n) is 3.11. The third-order valence-electron chi connectivity index (χ3n) is 4.77. The van der Waals surface area contributed by atoms with E-state index in [1.807, 2.05) is 62.5 Å². The molecule has 0 bridgehead atoms. The van der Waals surface area contributed by atoms with E-state index in [0.717, 1.165) is 22.7 Å². The van der Waals surface area contributed by atoms with Gasteiger partial charge in [-0.2, -0.15) is 15.0 Å². The minimum atomic E-state index is -0.0650. The molecule has 8 heteroatoms. The van der Waals surface area contributed by atoms with Gasteiger partial charge in [0.05, 0.1) is 6.04 Å². The number of para-hydroxylation sites is 1. The average molecular weight is 392 g/mol. The van der Waals surface area contributed by atoms with Gasteiger partial charge in [-0.1, -0.05) is 24.3 Å². The van der Waals surface area contributed by atoms with E-state index >= 15 is 0 Å². The molecule has 3 N–H and O–H groups in total. The Morgan fingerprint density at radius 3 is 2.59 bits per heavy atom. The number of nitrogen functional groups attached to an aromatic ring is 1. The number of anilines is 3. The van der Waals surface area contributed by atoms with Crippen molar-refractivity contribution in [3.8, 4) is 11.5 Å². The first kappa shape index (κ1) is 18.9. The predicted octanol–water partition coefficient (Wildman–Crippen LogP) is 3.16. The minimum Gasteiger partial charge on any atom is -0.486 e. The fourth-order valence-corrected chi connectivity index (χ4v) is 3.11. The van der Waals surface area contributed by atoms with Gasteiger partial charge in [0.2, 0.25) is 11.9 Å². The van der Waals surface area contributed by atoms with E-state index < -0.39 is 0 Å². The zero-order chi connectivity index (χ0) is 20.2. The van der Waals surface area contributed by atoms with Crippen LogP contribution in [0.15, 0.2) is 48.5 Å². The number of aromatic nitrogens is 3. The Balaban J connectivity index is 1.49. The standard InChI is InChI=1S/C21H24N6O2/c1-14(27(2)13-15-8-9-17-18(12-15)29-11-10-28-17)19-24-20(22)26-21(25-19)23-16-6-4-3-5-7-16/h3-9,12,14H,10-11,13H2,1-2H3,(H3,22,23,24,25,26)/t14-/m1/s1. The second kappa shape index (κ2) is 8.32. The van der Waals surface area contributed by atoms with Crippen LogP contribution in [0.4, 0.5) is 17.6 Å². The number of rotatable bonds is 6. The maximum absolute atomic E-state index is 5.93. The lowest BCUT2D eigenvalue weighted by molar-refractivity contribution is 0.171. The Kier molecular flexibility index (Phi) is 5.44. The molecular formula is C21H24N6O2. The van der Waals surface area contributed by atoms with E-state index in [1.165, 1.54) is 0 Å². The van der Waals surface area contributed by atoms with Gasteiger partial charge in [-0.05, 0) is 43.8 Å². The zero-order valence-corrected chi connectivity index (χ0v) is 16.5. The fraction of sp³-hybridized carbons (Fsp3) is 0.286. The van der Waals surface area contributed by atoms with Gasteiger partial charge in [0.15, 0.2) is 17.3 Å². The van der Waals surface area contributed by atoms with E-state index in [1.54, 1.807) is 0 Å². The number of hydrogen-bond donors (Lipinski definition) is 2. The highest BCUT2D eigenvalue weighted by Crippen LogP contribution is 2.31. The predicted molar refractivity (Wildman–Crippen MR) is 111 cm³/mol. The number of nitrogens with two attached hydrogens (primary N) is 1. The summed E-state index contributed by atoms with van der Waals surface area (Å²) in [6.45, 7) is 3.90. The molecule has 0 saturated heterocycles. The van der Waals surface area contributed by atoms with Gasteiger partial charge >= 0.3 is 0 Å². The molecule has 8 nitrogen and oxygen atoms in total. The molecule has 0 fully saturated rings. The molecule has 150 valence electrons. The van der Waals surface area contributed by atoms with Crippen LogP contribution >= 0.6 is 0 Å². The van der Waals surface area contributed by atoms with Crippen LogP contribution in [0.3, 0.4) is 0 Å². The monoisotopic (exact) mass is 392 g/mol. The summed E-state index contributed by atoms with van der Waals surface area (Å²) in [7, 11) is 2.02. The highest BCUT2D eigenvalue weighted by molar-refractivity contribution is 5.53. The van der Waals surface area contributed by atoms with Gasteiger partial charge in [-0.25, -0.2) is 0 Å². The van der Waals surface area contributed by atoms with Crippen molar-refractivity contribution < 1.29 is 9.47 Å². The van der Waals surface area contributed by atoms with Crippen LogP contribution in [-0.2, 0) is 6.54 Å². The van der Waals surface area contributed by atoms with Crippen molar-refractivity contribution in [2.24, 2.45) is 0 Å². The maximum Gasteiger partial charge on any atom is 0.232 e. The summed E-state index contributed by atoms with van der Waals surface area (Å²) >= 11 is 0. The van der Waals surface area contributed by atoms with E-state index in [0.29, 0.717) is 31.5 Å². The van der Waals surface area contributed by atoms with Crippen LogP contribution in [0.2, 0.25) is 0 Å². The summed E-state index contributed by atoms with van der Waals surface area (Å²) < 4.78 is 11.3. The molecule has 0 spiro atoms. The van der Waals surface area contributed by atoms with Crippen LogP contribution in [0, 0.1) is 0 Å². The van der Waals surface area contributed by atoms with Crippen molar-refractivity contribution in [1.82, 2.24) is 19.9 Å². The van der Waals surface area contributed by atoms with Crippen LogP contribution in [0.25, 0.3) is 0 Å². The number of nitrogens with zero attached hydrogens (tertiary/aromatic N) is 4. The summed E-state index contributed by atoms with van der Waals surface area (Å²) in [5.74, 6) is 2.80. The Labute approximate surface area is 169 Å². The lowest BCUT2D eigenvalue weighted by Gasteiger charge is -2.25. The van der Waals surface area contributed by atoms with Gasteiger partial charge < -0.3 is 20.5 Å². The summed E-state index contributed by atoms with van der Waals surface area (Å²) in [4.78, 5) is 15.2. The number of benzene rings is 2. The first-order valence-electron chi connectivity index (χ1n) is 9.51. The lowest BCUT2D eigenvalue weighted by Crippen LogP contribution is -2.25. The second-order valence-corrected chi connectivity index (χ2v) is 6.94. The molecule has 0 amide bonds. The molecule has 3 aromatic rings. The molecular weight excluding hydrogens is 368 g/mol. The van der Waals surface area contributed by atoms with Crippen LogP contribution in [0.1, 0.15) is 24.4 Å². The highest BCUT2D eigenvalue weighted by Gasteiger charge is 2.19. The van der Waals surface area contributed by atoms with E-state index in [4.69, 9.17) is 15.2 Å². The van der Waals surface area contributed by atoms with Crippen LogP contribution in [0.5, 0.6) is 11.5 Å². The van der Waals surface area contributed by atoms with Crippen molar-refractivity contribution >= 4 is 17.6 Å². The number of ether oxygens (including phenoxy) is 2. The van der Waals surface area contributed by atoms with Crippen molar-refractivity contribution in [3.05, 3.63) is 59.9 Å². The number of fused-ring (bicyclic) bond motifs is 1. The van der Waals surface area contributed by atoms with E-state index in [-0.39, 0.29) is 12.0 Å². The van der Waals surface area contributed by atoms with E-state index in [2.05, 4.69) is 25.2 Å². The normalized spacial score (nSPS) is 13.9. The first-order valence-corrected chi connectivity index (χ1v) is 9.51. The second-order valence-electron chi connectivity index (χ2n) is 6.94. The van der Waals surface area contributed by atoms with Crippen LogP contribution < -0.4 is 20.5 Å². The zero-order valence-electron chi connectivity index (χ0n) is 16.5. The molecule has 1 aliphatic heterocycles. The quantitative estimate of drug-likeness (QED) is 0.660. The summed E-state index contributed by atoms with van der Waals surface area (Å²) in [5.41, 5.74) is 7.94. The third kappa shape index (κ3) is 4.55. The summed E-state index contributed by atoms with van der Waals surface area (Å²) in [6.07, 6.45) is 0. The Morgan fingerprint density at radius 2 is 1.79 bits per heavy atom. The molecule has 1 aromatic heterocycles. The Bertz CT molecular complexity index is 982. The molecule has 4 rings (SSSR count). The van der Waals surface area contributed by atoms with Crippen molar-refractivity contribution in [3.63, 3.8) is 0 Å². The topological polar surface area (TPSA) is 98.4 Å². The third-order valence-corrected chi connectivity index (χ3v) is 4.77. The molecule has 2 aromatic carbocycles. The molecule has 1 atom stereocenters. The van der Waals surface area contributed by atoms with Crippen molar-refractivity contribution in [2.45, 2.75) is 19.5 Å². The molecule has 1 aliphatic rings. The smallest absolute Gasteiger partial charge is 0.232 e. The molecule has 0 unspecified atom stereocenters. The lowest BCUT2D eigenvalue weighted by atomic mass is 10.1.